The molecule has 1 aliphatic carbocycles. The number of nitrogens with zero attached hydrogens (tertiary/aromatic N) is 1. The summed E-state index contributed by atoms with van der Waals surface area (Å²) in [4.78, 5) is 2.76. The summed E-state index contributed by atoms with van der Waals surface area (Å²) < 4.78 is 33.9. The number of hydrogen-bond donors (Lipinski definition) is 1. The predicted octanol–water partition coefficient (Wildman–Crippen LogP) is 3.31. The molecule has 1 saturated heterocycles. The van der Waals surface area contributed by atoms with Gasteiger partial charge >= 0.3 is 0 Å². The molecule has 1 aliphatic heterocycles. The maximum absolute atomic E-state index is 12.6. The fourth-order valence-corrected chi connectivity index (χ4v) is 5.68. The lowest BCUT2D eigenvalue weighted by molar-refractivity contribution is -0.000983. The summed E-state index contributed by atoms with van der Waals surface area (Å²) in [6.07, 6.45) is 4.12. The first-order valence-corrected chi connectivity index (χ1v) is 10.8. The van der Waals surface area contributed by atoms with Crippen molar-refractivity contribution in [2.45, 2.75) is 50.1 Å². The van der Waals surface area contributed by atoms with Crippen molar-refractivity contribution in [1.29, 1.82) is 0 Å². The molecule has 1 aromatic carbocycles. The zero-order valence-corrected chi connectivity index (χ0v) is 16.0. The second-order valence-electron chi connectivity index (χ2n) is 7.68. The number of rotatable bonds is 5. The number of nitrogens with one attached hydrogen (secondary N) is 1. The molecule has 26 heavy (non-hydrogen) atoms. The second-order valence-corrected chi connectivity index (χ2v) is 9.39. The van der Waals surface area contributed by atoms with Crippen LogP contribution in [0.4, 0.5) is 0 Å². The van der Waals surface area contributed by atoms with Crippen LogP contribution >= 0.6 is 0 Å². The Morgan fingerprint density at radius 3 is 2.42 bits per heavy atom. The van der Waals surface area contributed by atoms with E-state index in [-0.39, 0.29) is 11.5 Å². The van der Waals surface area contributed by atoms with E-state index < -0.39 is 10.0 Å². The highest BCUT2D eigenvalue weighted by Gasteiger charge is 2.49. The maximum atomic E-state index is 12.6. The van der Waals surface area contributed by atoms with Gasteiger partial charge < -0.3 is 4.42 Å². The predicted molar refractivity (Wildman–Crippen MR) is 100 cm³/mol. The van der Waals surface area contributed by atoms with Gasteiger partial charge in [0.15, 0.2) is 0 Å². The van der Waals surface area contributed by atoms with Crippen LogP contribution in [-0.2, 0) is 16.6 Å². The largest absolute Gasteiger partial charge is 0.465 e. The third-order valence-corrected chi connectivity index (χ3v) is 7.54. The van der Waals surface area contributed by atoms with Gasteiger partial charge in [0.1, 0.15) is 11.5 Å². The number of likely N-dealkylation sites (tertiary alicyclic amines) is 1. The van der Waals surface area contributed by atoms with Crippen LogP contribution < -0.4 is 4.72 Å². The molecule has 1 N–H and O–H groups in total. The Kier molecular flexibility index (Phi) is 4.67. The Labute approximate surface area is 155 Å². The number of piperidine rings is 1. The van der Waals surface area contributed by atoms with E-state index in [2.05, 4.69) is 9.62 Å². The average Bonchev–Trinajstić information content (AvgIpc) is 3.05. The standard InChI is InChI=1S/C20H26N2O3S/c1-16-7-8-17(25-16)15-22-13-11-20(12-14-22)10-9-19(20)21-26(23,24)18-5-3-2-4-6-18/h2-8,19,21H,9-15H2,1H3/t19-/m0/s1. The quantitative estimate of drug-likeness (QED) is 0.872. The fraction of sp³-hybridized carbons (Fsp3) is 0.500. The van der Waals surface area contributed by atoms with Gasteiger partial charge in [0.05, 0.1) is 11.4 Å². The molecule has 0 bridgehead atoms. The molecule has 1 saturated carbocycles. The first-order valence-electron chi connectivity index (χ1n) is 9.32. The summed E-state index contributed by atoms with van der Waals surface area (Å²) in [6, 6.07) is 12.8. The van der Waals surface area contributed by atoms with Gasteiger partial charge in [-0.05, 0) is 75.4 Å². The molecule has 2 fully saturated rings. The summed E-state index contributed by atoms with van der Waals surface area (Å²) in [5, 5.41) is 0. The number of hydrogen-bond acceptors (Lipinski definition) is 4. The lowest BCUT2D eigenvalue weighted by atomic mass is 9.59. The molecule has 0 radical (unpaired) electrons. The minimum atomic E-state index is -3.43. The van der Waals surface area contributed by atoms with Crippen LogP contribution in [0.5, 0.6) is 0 Å². The highest BCUT2D eigenvalue weighted by atomic mass is 32.2. The normalized spacial score (nSPS) is 23.0. The Hall–Kier alpha value is -1.63. The molecule has 5 nitrogen and oxygen atoms in total. The third kappa shape index (κ3) is 3.46. The highest BCUT2D eigenvalue weighted by Crippen LogP contribution is 2.49. The molecule has 2 aromatic rings. The molecule has 1 atom stereocenters. The van der Waals surface area contributed by atoms with Gasteiger partial charge in [-0.2, -0.15) is 0 Å². The van der Waals surface area contributed by atoms with E-state index >= 15 is 0 Å². The number of sulfonamides is 1. The molecule has 2 aliphatic rings. The first kappa shape index (κ1) is 17.8. The summed E-state index contributed by atoms with van der Waals surface area (Å²) in [7, 11) is -3.43. The van der Waals surface area contributed by atoms with E-state index in [0.29, 0.717) is 4.90 Å². The van der Waals surface area contributed by atoms with Gasteiger partial charge in [-0.1, -0.05) is 18.2 Å². The topological polar surface area (TPSA) is 62.6 Å². The average molecular weight is 375 g/mol. The molecule has 0 unspecified atom stereocenters. The van der Waals surface area contributed by atoms with E-state index in [9.17, 15) is 8.42 Å². The summed E-state index contributed by atoms with van der Waals surface area (Å²) in [5.74, 6) is 1.95. The molecule has 4 rings (SSSR count). The van der Waals surface area contributed by atoms with Crippen LogP contribution in [0, 0.1) is 12.3 Å². The van der Waals surface area contributed by atoms with E-state index in [1.54, 1.807) is 24.3 Å². The third-order valence-electron chi connectivity index (χ3n) is 6.05. The molecule has 6 heteroatoms. The number of benzene rings is 1. The first-order chi connectivity index (χ1) is 12.5. The molecule has 140 valence electrons. The minimum Gasteiger partial charge on any atom is -0.465 e. The van der Waals surface area contributed by atoms with Gasteiger partial charge in [0.2, 0.25) is 10.0 Å². The molecule has 1 aromatic heterocycles. The Bertz CT molecular complexity index is 852. The minimum absolute atomic E-state index is 0.0562. The zero-order chi connectivity index (χ0) is 18.2. The van der Waals surface area contributed by atoms with Crippen molar-refractivity contribution >= 4 is 10.0 Å². The van der Waals surface area contributed by atoms with Crippen molar-refractivity contribution in [3.05, 3.63) is 54.0 Å². The molecular weight excluding hydrogens is 348 g/mol. The Morgan fingerprint density at radius 2 is 1.85 bits per heavy atom. The van der Waals surface area contributed by atoms with Crippen molar-refractivity contribution in [1.82, 2.24) is 9.62 Å². The lowest BCUT2D eigenvalue weighted by Crippen LogP contribution is -2.58. The summed E-state index contributed by atoms with van der Waals surface area (Å²) in [5.41, 5.74) is 0.122. The van der Waals surface area contributed by atoms with Crippen LogP contribution in [0.3, 0.4) is 0 Å². The second kappa shape index (κ2) is 6.83. The maximum Gasteiger partial charge on any atom is 0.240 e. The van der Waals surface area contributed by atoms with Gasteiger partial charge in [-0.15, -0.1) is 0 Å². The lowest BCUT2D eigenvalue weighted by Gasteiger charge is -2.53. The molecular formula is C20H26N2O3S. The number of aryl methyl sites for hydroxylation is 1. The SMILES string of the molecule is Cc1ccc(CN2CCC3(CC[C@@H]3NS(=O)(=O)c3ccccc3)CC2)o1. The van der Waals surface area contributed by atoms with Gasteiger partial charge in [0, 0.05) is 6.04 Å². The van der Waals surface area contributed by atoms with Crippen molar-refractivity contribution in [3.8, 4) is 0 Å². The Morgan fingerprint density at radius 1 is 1.12 bits per heavy atom. The Balaban J connectivity index is 1.37. The number of furan rings is 1. The van der Waals surface area contributed by atoms with Crippen LogP contribution in [0.15, 0.2) is 51.8 Å². The van der Waals surface area contributed by atoms with Gasteiger partial charge in [0.25, 0.3) is 0 Å². The monoisotopic (exact) mass is 374 g/mol. The van der Waals surface area contributed by atoms with E-state index in [0.717, 1.165) is 56.8 Å². The smallest absolute Gasteiger partial charge is 0.240 e. The van der Waals surface area contributed by atoms with Gasteiger partial charge in [-0.25, -0.2) is 13.1 Å². The molecule has 0 amide bonds. The van der Waals surface area contributed by atoms with Crippen molar-refractivity contribution in [3.63, 3.8) is 0 Å². The van der Waals surface area contributed by atoms with Crippen molar-refractivity contribution < 1.29 is 12.8 Å². The van der Waals surface area contributed by atoms with Gasteiger partial charge in [-0.3, -0.25) is 4.90 Å². The summed E-state index contributed by atoms with van der Waals surface area (Å²) in [6.45, 7) is 4.78. The molecule has 1 spiro atoms. The summed E-state index contributed by atoms with van der Waals surface area (Å²) >= 11 is 0. The van der Waals surface area contributed by atoms with Crippen molar-refractivity contribution in [2.75, 3.05) is 13.1 Å². The van der Waals surface area contributed by atoms with E-state index in [1.165, 1.54) is 0 Å². The zero-order valence-electron chi connectivity index (χ0n) is 15.1. The van der Waals surface area contributed by atoms with E-state index in [4.69, 9.17) is 4.42 Å². The highest BCUT2D eigenvalue weighted by molar-refractivity contribution is 7.89. The van der Waals surface area contributed by atoms with Crippen LogP contribution in [0.2, 0.25) is 0 Å². The fourth-order valence-electron chi connectivity index (χ4n) is 4.28. The van der Waals surface area contributed by atoms with Crippen molar-refractivity contribution in [2.24, 2.45) is 5.41 Å². The molecule has 2 heterocycles. The van der Waals surface area contributed by atoms with Crippen LogP contribution in [-0.4, -0.2) is 32.4 Å². The van der Waals surface area contributed by atoms with Crippen LogP contribution in [0.1, 0.15) is 37.2 Å². The van der Waals surface area contributed by atoms with E-state index in [1.807, 2.05) is 25.1 Å². The van der Waals surface area contributed by atoms with Crippen LogP contribution in [0.25, 0.3) is 0 Å².